The maximum Gasteiger partial charge on any atom is 0.253 e. The number of amides is 1. The summed E-state index contributed by atoms with van der Waals surface area (Å²) in [7, 11) is 0. The molecule has 2 aromatic carbocycles. The molecule has 2 aromatic rings. The number of ether oxygens (including phenoxy) is 1. The Labute approximate surface area is 162 Å². The zero-order valence-corrected chi connectivity index (χ0v) is 16.2. The highest BCUT2D eigenvalue weighted by atomic mass is 16.5. The van der Waals surface area contributed by atoms with Gasteiger partial charge in [0.1, 0.15) is 5.75 Å². The van der Waals surface area contributed by atoms with Gasteiger partial charge < -0.3 is 9.64 Å². The number of benzene rings is 2. The molecule has 0 aliphatic heterocycles. The monoisotopic (exact) mass is 364 g/mol. The van der Waals surface area contributed by atoms with Crippen LogP contribution in [0.4, 0.5) is 0 Å². The quantitative estimate of drug-likeness (QED) is 0.613. The molecule has 0 aromatic heterocycles. The Kier molecular flexibility index (Phi) is 8.38. The second-order valence-corrected chi connectivity index (χ2v) is 6.99. The van der Waals surface area contributed by atoms with E-state index in [0.717, 1.165) is 18.6 Å². The molecule has 27 heavy (non-hydrogen) atoms. The standard InChI is InChI=1S/C23H28N2O2/c1-19(2)14-18-27-22-11-9-21(10-12-22)23(26)25(16-6-15-24)17-13-20-7-4-3-5-8-20/h3-5,7-12,19H,6,13-14,16-18H2,1-2H3. The van der Waals surface area contributed by atoms with Crippen molar-refractivity contribution in [2.75, 3.05) is 19.7 Å². The molecule has 0 bridgehead atoms. The van der Waals surface area contributed by atoms with Gasteiger partial charge >= 0.3 is 0 Å². The van der Waals surface area contributed by atoms with E-state index < -0.39 is 0 Å². The lowest BCUT2D eigenvalue weighted by Crippen LogP contribution is -2.33. The summed E-state index contributed by atoms with van der Waals surface area (Å²) < 4.78 is 5.71. The number of carbonyl (C=O) groups excluding carboxylic acids is 1. The third-order valence-electron chi connectivity index (χ3n) is 4.36. The van der Waals surface area contributed by atoms with Crippen LogP contribution in [0.1, 0.15) is 42.6 Å². The van der Waals surface area contributed by atoms with Gasteiger partial charge in [-0.3, -0.25) is 4.79 Å². The smallest absolute Gasteiger partial charge is 0.253 e. The van der Waals surface area contributed by atoms with Crippen molar-refractivity contribution in [3.8, 4) is 11.8 Å². The Bertz CT molecular complexity index is 733. The normalized spacial score (nSPS) is 10.4. The lowest BCUT2D eigenvalue weighted by Gasteiger charge is -2.22. The predicted octanol–water partition coefficient (Wildman–Crippen LogP) is 4.71. The van der Waals surface area contributed by atoms with Crippen molar-refractivity contribution in [1.29, 1.82) is 5.26 Å². The first-order chi connectivity index (χ1) is 13.1. The van der Waals surface area contributed by atoms with Crippen LogP contribution in [-0.4, -0.2) is 30.5 Å². The molecule has 0 saturated carbocycles. The summed E-state index contributed by atoms with van der Waals surface area (Å²) in [6.07, 6.45) is 2.10. The number of hydrogen-bond acceptors (Lipinski definition) is 3. The first kappa shape index (κ1) is 20.5. The highest BCUT2D eigenvalue weighted by molar-refractivity contribution is 5.94. The van der Waals surface area contributed by atoms with Gasteiger partial charge in [0, 0.05) is 18.7 Å². The molecule has 2 rings (SSSR count). The van der Waals surface area contributed by atoms with Crippen LogP contribution in [0, 0.1) is 17.2 Å². The Hall–Kier alpha value is -2.80. The summed E-state index contributed by atoms with van der Waals surface area (Å²) in [6.45, 7) is 6.04. The van der Waals surface area contributed by atoms with Crippen LogP contribution in [-0.2, 0) is 6.42 Å². The third kappa shape index (κ3) is 7.15. The molecule has 1 amide bonds. The van der Waals surface area contributed by atoms with E-state index >= 15 is 0 Å². The summed E-state index contributed by atoms with van der Waals surface area (Å²) in [4.78, 5) is 14.6. The number of hydrogen-bond donors (Lipinski definition) is 0. The van der Waals surface area contributed by atoms with Crippen LogP contribution in [0.2, 0.25) is 0 Å². The maximum atomic E-state index is 12.9. The topological polar surface area (TPSA) is 53.3 Å². The van der Waals surface area contributed by atoms with Crippen LogP contribution in [0.15, 0.2) is 54.6 Å². The summed E-state index contributed by atoms with van der Waals surface area (Å²) in [5, 5.41) is 8.91. The fourth-order valence-corrected chi connectivity index (χ4v) is 2.70. The Morgan fingerprint density at radius 2 is 1.78 bits per heavy atom. The molecule has 0 aliphatic rings. The summed E-state index contributed by atoms with van der Waals surface area (Å²) in [5.41, 5.74) is 1.80. The highest BCUT2D eigenvalue weighted by Gasteiger charge is 2.15. The largest absolute Gasteiger partial charge is 0.494 e. The maximum absolute atomic E-state index is 12.9. The summed E-state index contributed by atoms with van der Waals surface area (Å²) >= 11 is 0. The van der Waals surface area contributed by atoms with Crippen LogP contribution in [0.25, 0.3) is 0 Å². The average molecular weight is 364 g/mol. The number of rotatable bonds is 10. The average Bonchev–Trinajstić information content (AvgIpc) is 2.69. The molecule has 0 aliphatic carbocycles. The molecule has 0 fully saturated rings. The van der Waals surface area contributed by atoms with Crippen LogP contribution < -0.4 is 4.74 Å². The summed E-state index contributed by atoms with van der Waals surface area (Å²) in [6, 6.07) is 19.5. The van der Waals surface area contributed by atoms with Crippen molar-refractivity contribution in [2.45, 2.75) is 33.1 Å². The molecule has 4 heteroatoms. The molecule has 0 atom stereocenters. The van der Waals surface area contributed by atoms with Crippen LogP contribution in [0.5, 0.6) is 5.75 Å². The molecule has 0 saturated heterocycles. The van der Waals surface area contributed by atoms with Gasteiger partial charge in [-0.1, -0.05) is 44.2 Å². The minimum Gasteiger partial charge on any atom is -0.494 e. The molecule has 0 radical (unpaired) electrons. The van der Waals surface area contributed by atoms with E-state index in [9.17, 15) is 4.79 Å². The molecule has 0 spiro atoms. The van der Waals surface area contributed by atoms with Gasteiger partial charge in [-0.15, -0.1) is 0 Å². The minimum absolute atomic E-state index is 0.0464. The van der Waals surface area contributed by atoms with Gasteiger partial charge in [0.05, 0.1) is 19.1 Å². The van der Waals surface area contributed by atoms with Gasteiger partial charge in [0.15, 0.2) is 0 Å². The first-order valence-electron chi connectivity index (χ1n) is 9.53. The van der Waals surface area contributed by atoms with E-state index in [1.165, 1.54) is 5.56 Å². The van der Waals surface area contributed by atoms with E-state index in [4.69, 9.17) is 10.00 Å². The fourth-order valence-electron chi connectivity index (χ4n) is 2.70. The van der Waals surface area contributed by atoms with E-state index in [-0.39, 0.29) is 5.91 Å². The summed E-state index contributed by atoms with van der Waals surface area (Å²) in [5.74, 6) is 1.33. The fraction of sp³-hybridized carbons (Fsp3) is 0.391. The number of nitriles is 1. The van der Waals surface area contributed by atoms with Crippen molar-refractivity contribution in [3.05, 3.63) is 65.7 Å². The van der Waals surface area contributed by atoms with E-state index in [0.29, 0.717) is 37.6 Å². The molecule has 4 nitrogen and oxygen atoms in total. The third-order valence-corrected chi connectivity index (χ3v) is 4.36. The lowest BCUT2D eigenvalue weighted by atomic mass is 10.1. The first-order valence-corrected chi connectivity index (χ1v) is 9.53. The van der Waals surface area contributed by atoms with Gasteiger partial charge in [0.2, 0.25) is 0 Å². The van der Waals surface area contributed by atoms with E-state index in [2.05, 4.69) is 32.0 Å². The second kappa shape index (κ2) is 11.0. The van der Waals surface area contributed by atoms with Crippen molar-refractivity contribution < 1.29 is 9.53 Å². The van der Waals surface area contributed by atoms with Crippen molar-refractivity contribution in [1.82, 2.24) is 4.90 Å². The molecule has 0 unspecified atom stereocenters. The molecule has 0 heterocycles. The molecule has 142 valence electrons. The number of nitrogens with zero attached hydrogens (tertiary/aromatic N) is 2. The number of carbonyl (C=O) groups is 1. The highest BCUT2D eigenvalue weighted by Crippen LogP contribution is 2.15. The van der Waals surface area contributed by atoms with Gasteiger partial charge in [-0.2, -0.15) is 5.26 Å². The Morgan fingerprint density at radius 1 is 1.07 bits per heavy atom. The van der Waals surface area contributed by atoms with Crippen molar-refractivity contribution >= 4 is 5.91 Å². The van der Waals surface area contributed by atoms with E-state index in [1.54, 1.807) is 17.0 Å². The Morgan fingerprint density at radius 3 is 2.41 bits per heavy atom. The second-order valence-electron chi connectivity index (χ2n) is 6.99. The predicted molar refractivity (Wildman–Crippen MR) is 108 cm³/mol. The lowest BCUT2D eigenvalue weighted by molar-refractivity contribution is 0.0761. The van der Waals surface area contributed by atoms with Crippen molar-refractivity contribution in [2.24, 2.45) is 5.92 Å². The zero-order valence-electron chi connectivity index (χ0n) is 16.2. The minimum atomic E-state index is -0.0464. The van der Waals surface area contributed by atoms with E-state index in [1.807, 2.05) is 30.3 Å². The van der Waals surface area contributed by atoms with Crippen LogP contribution >= 0.6 is 0 Å². The van der Waals surface area contributed by atoms with Gasteiger partial charge in [-0.05, 0) is 48.6 Å². The molecular formula is C23H28N2O2. The van der Waals surface area contributed by atoms with Crippen LogP contribution in [0.3, 0.4) is 0 Å². The molecular weight excluding hydrogens is 336 g/mol. The van der Waals surface area contributed by atoms with Gasteiger partial charge in [0.25, 0.3) is 5.91 Å². The molecule has 0 N–H and O–H groups in total. The SMILES string of the molecule is CC(C)CCOc1ccc(C(=O)N(CCC#N)CCc2ccccc2)cc1. The van der Waals surface area contributed by atoms with Crippen molar-refractivity contribution in [3.63, 3.8) is 0 Å². The zero-order chi connectivity index (χ0) is 19.5. The Balaban J connectivity index is 1.97. The van der Waals surface area contributed by atoms with Gasteiger partial charge in [-0.25, -0.2) is 0 Å².